The second kappa shape index (κ2) is 4.83. The minimum absolute atomic E-state index is 0.373. The maximum absolute atomic E-state index is 9.55. The van der Waals surface area contributed by atoms with Crippen LogP contribution in [0.1, 0.15) is 45.6 Å². The lowest BCUT2D eigenvalue weighted by Crippen LogP contribution is -2.35. The van der Waals surface area contributed by atoms with Gasteiger partial charge in [0.05, 0.1) is 0 Å². The number of anilines is 1. The highest BCUT2D eigenvalue weighted by Crippen LogP contribution is 2.39. The molecule has 0 spiro atoms. The van der Waals surface area contributed by atoms with Crippen molar-refractivity contribution in [1.29, 1.82) is 0 Å². The third-order valence-corrected chi connectivity index (χ3v) is 3.95. The molecular weight excluding hydrogens is 222 g/mol. The van der Waals surface area contributed by atoms with Crippen molar-refractivity contribution in [3.05, 3.63) is 23.8 Å². The molecule has 18 heavy (non-hydrogen) atoms. The van der Waals surface area contributed by atoms with Gasteiger partial charge in [-0.05, 0) is 61.3 Å². The summed E-state index contributed by atoms with van der Waals surface area (Å²) in [6.45, 7) is 9.00. The highest BCUT2D eigenvalue weighted by molar-refractivity contribution is 5.50. The Morgan fingerprint density at radius 2 is 2.00 bits per heavy atom. The van der Waals surface area contributed by atoms with Crippen LogP contribution in [0.5, 0.6) is 5.75 Å². The van der Waals surface area contributed by atoms with E-state index < -0.39 is 0 Å². The second-order valence-electron chi connectivity index (χ2n) is 6.76. The van der Waals surface area contributed by atoms with E-state index in [9.17, 15) is 5.11 Å². The van der Waals surface area contributed by atoms with Crippen LogP contribution in [-0.2, 0) is 0 Å². The molecule has 1 saturated carbocycles. The Bertz CT molecular complexity index is 425. The molecule has 0 radical (unpaired) electrons. The molecule has 1 aliphatic carbocycles. The molecule has 2 nitrogen and oxygen atoms in total. The van der Waals surface area contributed by atoms with Gasteiger partial charge < -0.3 is 10.4 Å². The first-order valence-electron chi connectivity index (χ1n) is 6.92. The molecule has 0 aliphatic heterocycles. The molecule has 1 aromatic rings. The molecule has 0 bridgehead atoms. The largest absolute Gasteiger partial charge is 0.508 e. The molecule has 0 amide bonds. The molecule has 100 valence electrons. The normalized spacial score (nSPS) is 26.9. The van der Waals surface area contributed by atoms with Crippen LogP contribution in [0.2, 0.25) is 0 Å². The number of hydrogen-bond donors (Lipinski definition) is 2. The van der Waals surface area contributed by atoms with Crippen LogP contribution in [0, 0.1) is 18.3 Å². The minimum Gasteiger partial charge on any atom is -0.508 e. The van der Waals surface area contributed by atoms with Gasteiger partial charge in [-0.3, -0.25) is 0 Å². The fraction of sp³-hybridized carbons (Fsp3) is 0.625. The number of aryl methyl sites for hydroxylation is 1. The van der Waals surface area contributed by atoms with Crippen molar-refractivity contribution in [2.45, 2.75) is 53.0 Å². The van der Waals surface area contributed by atoms with Gasteiger partial charge in [-0.25, -0.2) is 0 Å². The smallest absolute Gasteiger partial charge is 0.118 e. The van der Waals surface area contributed by atoms with Gasteiger partial charge in [-0.2, -0.15) is 0 Å². The van der Waals surface area contributed by atoms with E-state index in [-0.39, 0.29) is 0 Å². The summed E-state index contributed by atoms with van der Waals surface area (Å²) >= 11 is 0. The van der Waals surface area contributed by atoms with Crippen molar-refractivity contribution in [3.63, 3.8) is 0 Å². The SMILES string of the molecule is Cc1cc(NC2CC(C)CC(C)(C)C2)ccc1O. The number of phenols is 1. The molecule has 2 atom stereocenters. The van der Waals surface area contributed by atoms with Gasteiger partial charge in [0.25, 0.3) is 0 Å². The lowest BCUT2D eigenvalue weighted by molar-refractivity contribution is 0.178. The Morgan fingerprint density at radius 3 is 2.61 bits per heavy atom. The highest BCUT2D eigenvalue weighted by Gasteiger charge is 2.31. The monoisotopic (exact) mass is 247 g/mol. The van der Waals surface area contributed by atoms with Crippen LogP contribution < -0.4 is 5.32 Å². The summed E-state index contributed by atoms with van der Waals surface area (Å²) in [5.41, 5.74) is 2.49. The zero-order valence-electron chi connectivity index (χ0n) is 12.0. The first kappa shape index (κ1) is 13.3. The van der Waals surface area contributed by atoms with Crippen LogP contribution in [0.15, 0.2) is 18.2 Å². The fourth-order valence-corrected chi connectivity index (χ4v) is 3.44. The van der Waals surface area contributed by atoms with Gasteiger partial charge in [0.2, 0.25) is 0 Å². The molecule has 2 N–H and O–H groups in total. The van der Waals surface area contributed by atoms with Crippen molar-refractivity contribution < 1.29 is 5.11 Å². The third kappa shape index (κ3) is 3.18. The van der Waals surface area contributed by atoms with Crippen molar-refractivity contribution in [2.75, 3.05) is 5.32 Å². The molecule has 1 aromatic carbocycles. The van der Waals surface area contributed by atoms with E-state index in [2.05, 4.69) is 26.1 Å². The quantitative estimate of drug-likeness (QED) is 0.762. The average Bonchev–Trinajstić information content (AvgIpc) is 2.20. The molecule has 2 unspecified atom stereocenters. The van der Waals surface area contributed by atoms with Gasteiger partial charge in [-0.15, -0.1) is 0 Å². The number of rotatable bonds is 2. The molecule has 2 rings (SSSR count). The van der Waals surface area contributed by atoms with Gasteiger partial charge in [0, 0.05) is 11.7 Å². The summed E-state index contributed by atoms with van der Waals surface area (Å²) in [7, 11) is 0. The second-order valence-corrected chi connectivity index (χ2v) is 6.76. The van der Waals surface area contributed by atoms with E-state index in [0.717, 1.165) is 17.2 Å². The molecule has 0 saturated heterocycles. The zero-order valence-corrected chi connectivity index (χ0v) is 12.0. The summed E-state index contributed by atoms with van der Waals surface area (Å²) in [5.74, 6) is 1.15. The van der Waals surface area contributed by atoms with Crippen molar-refractivity contribution >= 4 is 5.69 Å². The Hall–Kier alpha value is -1.18. The highest BCUT2D eigenvalue weighted by atomic mass is 16.3. The summed E-state index contributed by atoms with van der Waals surface area (Å²) in [4.78, 5) is 0. The van der Waals surface area contributed by atoms with Crippen molar-refractivity contribution in [3.8, 4) is 5.75 Å². The average molecular weight is 247 g/mol. The van der Waals surface area contributed by atoms with Gasteiger partial charge in [0.1, 0.15) is 5.75 Å². The predicted octanol–water partition coefficient (Wildman–Crippen LogP) is 4.33. The number of aromatic hydroxyl groups is 1. The van der Waals surface area contributed by atoms with Crippen molar-refractivity contribution in [2.24, 2.45) is 11.3 Å². The van der Waals surface area contributed by atoms with E-state index in [4.69, 9.17) is 0 Å². The first-order chi connectivity index (χ1) is 8.35. The van der Waals surface area contributed by atoms with E-state index in [1.54, 1.807) is 6.07 Å². The van der Waals surface area contributed by atoms with Crippen LogP contribution in [0.4, 0.5) is 5.69 Å². The summed E-state index contributed by atoms with van der Waals surface area (Å²) in [6.07, 6.45) is 3.78. The minimum atomic E-state index is 0.373. The molecule has 2 heteroatoms. The number of phenolic OH excluding ortho intramolecular Hbond substituents is 1. The fourth-order valence-electron chi connectivity index (χ4n) is 3.44. The maximum atomic E-state index is 9.55. The number of benzene rings is 1. The van der Waals surface area contributed by atoms with Crippen molar-refractivity contribution in [1.82, 2.24) is 0 Å². The lowest BCUT2D eigenvalue weighted by atomic mass is 9.70. The van der Waals surface area contributed by atoms with Gasteiger partial charge >= 0.3 is 0 Å². The predicted molar refractivity (Wildman–Crippen MR) is 77.1 cm³/mol. The number of hydrogen-bond acceptors (Lipinski definition) is 2. The Labute approximate surface area is 110 Å². The molecule has 1 aliphatic rings. The Kier molecular flexibility index (Phi) is 3.56. The van der Waals surface area contributed by atoms with Crippen LogP contribution in [0.3, 0.4) is 0 Å². The lowest BCUT2D eigenvalue weighted by Gasteiger charge is -2.39. The van der Waals surface area contributed by atoms with E-state index in [1.165, 1.54) is 19.3 Å². The van der Waals surface area contributed by atoms with Gasteiger partial charge in [-0.1, -0.05) is 20.8 Å². The molecule has 0 heterocycles. The van der Waals surface area contributed by atoms with E-state index >= 15 is 0 Å². The Morgan fingerprint density at radius 1 is 1.28 bits per heavy atom. The van der Waals surface area contributed by atoms with E-state index in [1.807, 2.05) is 19.1 Å². The standard InChI is InChI=1S/C16H25NO/c1-11-7-14(10-16(3,4)9-11)17-13-5-6-15(18)12(2)8-13/h5-6,8,11,14,17-18H,7,9-10H2,1-4H3. The first-order valence-corrected chi connectivity index (χ1v) is 6.92. The third-order valence-electron chi connectivity index (χ3n) is 3.95. The van der Waals surface area contributed by atoms with E-state index in [0.29, 0.717) is 17.2 Å². The Balaban J connectivity index is 2.06. The van der Waals surface area contributed by atoms with Crippen LogP contribution in [0.25, 0.3) is 0 Å². The maximum Gasteiger partial charge on any atom is 0.118 e. The zero-order chi connectivity index (χ0) is 13.3. The summed E-state index contributed by atoms with van der Waals surface area (Å²) < 4.78 is 0. The molecule has 1 fully saturated rings. The summed E-state index contributed by atoms with van der Waals surface area (Å²) in [5, 5.41) is 13.2. The molecule has 0 aromatic heterocycles. The van der Waals surface area contributed by atoms with Crippen LogP contribution >= 0.6 is 0 Å². The summed E-state index contributed by atoms with van der Waals surface area (Å²) in [6, 6.07) is 6.32. The van der Waals surface area contributed by atoms with Gasteiger partial charge in [0.15, 0.2) is 0 Å². The topological polar surface area (TPSA) is 32.3 Å². The van der Waals surface area contributed by atoms with Crippen LogP contribution in [-0.4, -0.2) is 11.1 Å². The number of nitrogens with one attached hydrogen (secondary N) is 1. The molecular formula is C16H25NO.